The van der Waals surface area contributed by atoms with E-state index in [4.69, 9.17) is 4.74 Å². The Morgan fingerprint density at radius 2 is 2.15 bits per heavy atom. The van der Waals surface area contributed by atoms with Crippen LogP contribution in [0.2, 0.25) is 0 Å². The Balaban J connectivity index is 2.28. The highest BCUT2D eigenvalue weighted by atomic mass is 79.9. The fraction of sp³-hybridized carbons (Fsp3) is 0.250. The third kappa shape index (κ3) is 4.23. The average Bonchev–Trinajstić information content (AvgIpc) is 2.13. The standard InChI is InChI=1S/C8H10BrNO3/c9-7-2-1-3-8(6-7)11-4-5-12-13-10/h1-3,6H,4-5,10H2. The molecule has 0 atom stereocenters. The van der Waals surface area contributed by atoms with E-state index < -0.39 is 0 Å². The molecule has 1 aromatic rings. The third-order valence-electron chi connectivity index (χ3n) is 1.30. The summed E-state index contributed by atoms with van der Waals surface area (Å²) < 4.78 is 6.27. The summed E-state index contributed by atoms with van der Waals surface area (Å²) >= 11 is 3.33. The minimum atomic E-state index is 0.295. The predicted octanol–water partition coefficient (Wildman–Crippen LogP) is 1.65. The molecule has 0 saturated carbocycles. The van der Waals surface area contributed by atoms with Crippen molar-refractivity contribution in [1.82, 2.24) is 0 Å². The summed E-state index contributed by atoms with van der Waals surface area (Å²) in [6.07, 6.45) is 0. The molecular formula is C8H10BrNO3. The smallest absolute Gasteiger partial charge is 0.120 e. The lowest BCUT2D eigenvalue weighted by molar-refractivity contribution is -0.301. The van der Waals surface area contributed by atoms with Gasteiger partial charge in [-0.2, -0.15) is 5.90 Å². The zero-order valence-corrected chi connectivity index (χ0v) is 8.49. The molecule has 0 aromatic heterocycles. The summed E-state index contributed by atoms with van der Waals surface area (Å²) in [6.45, 7) is 0.691. The molecule has 0 amide bonds. The number of nitrogens with two attached hydrogens (primary N) is 1. The molecule has 1 aromatic carbocycles. The van der Waals surface area contributed by atoms with Crippen LogP contribution in [-0.4, -0.2) is 13.2 Å². The van der Waals surface area contributed by atoms with Crippen molar-refractivity contribution in [3.63, 3.8) is 0 Å². The number of hydrogen-bond acceptors (Lipinski definition) is 4. The summed E-state index contributed by atoms with van der Waals surface area (Å²) in [4.78, 5) is 8.34. The van der Waals surface area contributed by atoms with Crippen LogP contribution in [0, 0.1) is 0 Å². The van der Waals surface area contributed by atoms with Crippen molar-refractivity contribution in [1.29, 1.82) is 0 Å². The molecule has 0 aliphatic heterocycles. The van der Waals surface area contributed by atoms with Gasteiger partial charge in [-0.25, -0.2) is 4.89 Å². The van der Waals surface area contributed by atoms with Gasteiger partial charge in [-0.3, -0.25) is 0 Å². The minimum absolute atomic E-state index is 0.295. The largest absolute Gasteiger partial charge is 0.491 e. The van der Waals surface area contributed by atoms with Gasteiger partial charge in [-0.15, -0.1) is 4.99 Å². The Hall–Kier alpha value is -0.620. The van der Waals surface area contributed by atoms with E-state index in [2.05, 4.69) is 31.7 Å². The maximum absolute atomic E-state index is 5.30. The lowest BCUT2D eigenvalue weighted by atomic mass is 10.3. The molecule has 72 valence electrons. The Labute approximate surface area is 84.6 Å². The topological polar surface area (TPSA) is 53.7 Å². The fourth-order valence-electron chi connectivity index (χ4n) is 0.798. The first kappa shape index (κ1) is 10.5. The molecule has 0 fully saturated rings. The van der Waals surface area contributed by atoms with E-state index in [1.165, 1.54) is 0 Å². The van der Waals surface area contributed by atoms with Crippen LogP contribution < -0.4 is 10.6 Å². The molecule has 0 unspecified atom stereocenters. The highest BCUT2D eigenvalue weighted by Gasteiger charge is 1.94. The van der Waals surface area contributed by atoms with Crippen LogP contribution in [0.3, 0.4) is 0 Å². The van der Waals surface area contributed by atoms with Gasteiger partial charge in [-0.05, 0) is 18.2 Å². The summed E-state index contributed by atoms with van der Waals surface area (Å²) in [5, 5.41) is 0. The number of benzene rings is 1. The maximum atomic E-state index is 5.30. The Morgan fingerprint density at radius 3 is 2.85 bits per heavy atom. The monoisotopic (exact) mass is 247 g/mol. The van der Waals surface area contributed by atoms with E-state index in [0.29, 0.717) is 13.2 Å². The van der Waals surface area contributed by atoms with E-state index in [9.17, 15) is 0 Å². The molecule has 0 heterocycles. The summed E-state index contributed by atoms with van der Waals surface area (Å²) in [7, 11) is 0. The van der Waals surface area contributed by atoms with Crippen molar-refractivity contribution in [2.75, 3.05) is 13.2 Å². The SMILES string of the molecule is NOOCCOc1cccc(Br)c1. The molecule has 5 heteroatoms. The minimum Gasteiger partial charge on any atom is -0.491 e. The molecule has 0 bridgehead atoms. The van der Waals surface area contributed by atoms with Gasteiger partial charge in [-0.1, -0.05) is 22.0 Å². The Morgan fingerprint density at radius 1 is 1.31 bits per heavy atom. The highest BCUT2D eigenvalue weighted by Crippen LogP contribution is 2.17. The first-order valence-electron chi connectivity index (χ1n) is 3.69. The van der Waals surface area contributed by atoms with Crippen LogP contribution in [0.25, 0.3) is 0 Å². The molecule has 0 aliphatic carbocycles. The van der Waals surface area contributed by atoms with Crippen LogP contribution in [0.4, 0.5) is 0 Å². The van der Waals surface area contributed by atoms with E-state index >= 15 is 0 Å². The molecular weight excluding hydrogens is 238 g/mol. The molecule has 0 saturated heterocycles. The Kier molecular flexibility index (Phi) is 4.77. The molecule has 13 heavy (non-hydrogen) atoms. The van der Waals surface area contributed by atoms with Crippen LogP contribution in [0.15, 0.2) is 28.7 Å². The summed E-state index contributed by atoms with van der Waals surface area (Å²) in [5.41, 5.74) is 0. The van der Waals surface area contributed by atoms with Crippen molar-refractivity contribution < 1.29 is 14.6 Å². The first-order valence-corrected chi connectivity index (χ1v) is 4.49. The first-order chi connectivity index (χ1) is 6.33. The lowest BCUT2D eigenvalue weighted by Gasteiger charge is -2.04. The zero-order chi connectivity index (χ0) is 9.52. The molecule has 0 spiro atoms. The van der Waals surface area contributed by atoms with E-state index in [0.717, 1.165) is 10.2 Å². The van der Waals surface area contributed by atoms with Gasteiger partial charge >= 0.3 is 0 Å². The highest BCUT2D eigenvalue weighted by molar-refractivity contribution is 9.10. The van der Waals surface area contributed by atoms with Crippen molar-refractivity contribution in [2.45, 2.75) is 0 Å². The van der Waals surface area contributed by atoms with Gasteiger partial charge in [0.05, 0.1) is 0 Å². The van der Waals surface area contributed by atoms with Crippen LogP contribution in [-0.2, 0) is 9.88 Å². The van der Waals surface area contributed by atoms with Crippen molar-refractivity contribution in [2.24, 2.45) is 5.90 Å². The Bertz CT molecular complexity index is 257. The quantitative estimate of drug-likeness (QED) is 0.489. The second kappa shape index (κ2) is 5.93. The van der Waals surface area contributed by atoms with Crippen LogP contribution >= 0.6 is 15.9 Å². The van der Waals surface area contributed by atoms with Gasteiger partial charge in [0.15, 0.2) is 0 Å². The fourth-order valence-corrected chi connectivity index (χ4v) is 1.18. The number of rotatable bonds is 5. The van der Waals surface area contributed by atoms with E-state index in [-0.39, 0.29) is 0 Å². The zero-order valence-electron chi connectivity index (χ0n) is 6.90. The van der Waals surface area contributed by atoms with Crippen molar-refractivity contribution in [3.8, 4) is 5.75 Å². The summed E-state index contributed by atoms with van der Waals surface area (Å²) in [5.74, 6) is 5.42. The van der Waals surface area contributed by atoms with E-state index in [1.54, 1.807) is 0 Å². The van der Waals surface area contributed by atoms with Crippen LogP contribution in [0.5, 0.6) is 5.75 Å². The van der Waals surface area contributed by atoms with Gasteiger partial charge in [0.2, 0.25) is 0 Å². The molecule has 0 radical (unpaired) electrons. The number of hydrogen-bond donors (Lipinski definition) is 1. The maximum Gasteiger partial charge on any atom is 0.120 e. The predicted molar refractivity (Wildman–Crippen MR) is 50.9 cm³/mol. The van der Waals surface area contributed by atoms with Gasteiger partial charge in [0, 0.05) is 4.47 Å². The molecule has 0 aliphatic rings. The molecule has 4 nitrogen and oxygen atoms in total. The van der Waals surface area contributed by atoms with Crippen molar-refractivity contribution in [3.05, 3.63) is 28.7 Å². The summed E-state index contributed by atoms with van der Waals surface area (Å²) in [6, 6.07) is 7.53. The third-order valence-corrected chi connectivity index (χ3v) is 1.79. The lowest BCUT2D eigenvalue weighted by Crippen LogP contribution is -2.09. The van der Waals surface area contributed by atoms with Gasteiger partial charge < -0.3 is 4.74 Å². The van der Waals surface area contributed by atoms with Crippen molar-refractivity contribution >= 4 is 15.9 Å². The van der Waals surface area contributed by atoms with Gasteiger partial charge in [0.25, 0.3) is 0 Å². The second-order valence-electron chi connectivity index (χ2n) is 2.22. The average molecular weight is 248 g/mol. The molecule has 1 rings (SSSR count). The number of halogens is 1. The molecule has 2 N–H and O–H groups in total. The number of ether oxygens (including phenoxy) is 1. The van der Waals surface area contributed by atoms with Gasteiger partial charge in [0.1, 0.15) is 19.0 Å². The normalized spacial score (nSPS) is 10.0. The van der Waals surface area contributed by atoms with E-state index in [1.807, 2.05) is 24.3 Å². The van der Waals surface area contributed by atoms with Crippen LogP contribution in [0.1, 0.15) is 0 Å². The second-order valence-corrected chi connectivity index (χ2v) is 3.14.